The third kappa shape index (κ3) is 2.21. The van der Waals surface area contributed by atoms with E-state index in [0.29, 0.717) is 11.4 Å². The lowest BCUT2D eigenvalue weighted by atomic mass is 10.2. The number of hydrogen-bond acceptors (Lipinski definition) is 6. The Hall–Kier alpha value is -2.28. The maximum absolute atomic E-state index is 11.2. The molecule has 7 heteroatoms. The summed E-state index contributed by atoms with van der Waals surface area (Å²) in [6.45, 7) is 1.76. The van der Waals surface area contributed by atoms with E-state index in [0.717, 1.165) is 5.56 Å². The topological polar surface area (TPSA) is 90.1 Å². The van der Waals surface area contributed by atoms with E-state index >= 15 is 0 Å². The molecule has 2 rings (SSSR count). The molecule has 0 amide bonds. The molecular formula is C11H12N4O3. The van der Waals surface area contributed by atoms with Crippen LogP contribution in [0.3, 0.4) is 0 Å². The first-order valence-corrected chi connectivity index (χ1v) is 5.22. The number of pyridine rings is 1. The highest BCUT2D eigenvalue weighted by atomic mass is 16.5. The van der Waals surface area contributed by atoms with Crippen LogP contribution >= 0.6 is 0 Å². The lowest BCUT2D eigenvalue weighted by molar-refractivity contribution is 0.0587. The van der Waals surface area contributed by atoms with Crippen molar-refractivity contribution in [1.29, 1.82) is 0 Å². The molecule has 0 aliphatic carbocycles. The fraction of sp³-hybridized carbons (Fsp3) is 0.273. The van der Waals surface area contributed by atoms with E-state index in [1.54, 1.807) is 12.3 Å². The van der Waals surface area contributed by atoms with Crippen LogP contribution in [0.4, 0.5) is 0 Å². The number of aliphatic hydroxyl groups excluding tert-OH is 1. The van der Waals surface area contributed by atoms with E-state index < -0.39 is 5.97 Å². The molecule has 0 radical (unpaired) electrons. The van der Waals surface area contributed by atoms with Crippen molar-refractivity contribution in [2.75, 3.05) is 7.11 Å². The first-order chi connectivity index (χ1) is 8.65. The number of hydrogen-bond donors (Lipinski definition) is 1. The normalized spacial score (nSPS) is 10.4. The summed E-state index contributed by atoms with van der Waals surface area (Å²) >= 11 is 0. The van der Waals surface area contributed by atoms with Gasteiger partial charge in [-0.3, -0.25) is 0 Å². The highest BCUT2D eigenvalue weighted by Crippen LogP contribution is 2.11. The van der Waals surface area contributed by atoms with Crippen molar-refractivity contribution >= 4 is 5.97 Å². The molecule has 1 N–H and O–H groups in total. The average molecular weight is 248 g/mol. The summed E-state index contributed by atoms with van der Waals surface area (Å²) < 4.78 is 5.91. The van der Waals surface area contributed by atoms with Crippen molar-refractivity contribution in [3.05, 3.63) is 35.5 Å². The monoisotopic (exact) mass is 248 g/mol. The number of aromatic nitrogens is 4. The van der Waals surface area contributed by atoms with Gasteiger partial charge in [-0.05, 0) is 24.1 Å². The Labute approximate surface area is 103 Å². The smallest absolute Gasteiger partial charge is 0.377 e. The van der Waals surface area contributed by atoms with Gasteiger partial charge < -0.3 is 9.84 Å². The van der Waals surface area contributed by atoms with Crippen LogP contribution in [-0.2, 0) is 11.3 Å². The number of nitrogens with zero attached hydrogens (tertiary/aromatic N) is 4. The molecule has 0 spiro atoms. The first kappa shape index (κ1) is 12.2. The van der Waals surface area contributed by atoms with Gasteiger partial charge in [0.2, 0.25) is 0 Å². The largest absolute Gasteiger partial charge is 0.463 e. The van der Waals surface area contributed by atoms with Crippen LogP contribution in [-0.4, -0.2) is 37.9 Å². The van der Waals surface area contributed by atoms with Crippen LogP contribution in [0.5, 0.6) is 0 Å². The van der Waals surface area contributed by atoms with Gasteiger partial charge in [-0.15, -0.1) is 5.10 Å². The third-order valence-electron chi connectivity index (χ3n) is 2.37. The highest BCUT2D eigenvalue weighted by Gasteiger charge is 2.13. The van der Waals surface area contributed by atoms with Crippen LogP contribution in [0.2, 0.25) is 0 Å². The number of aryl methyl sites for hydroxylation is 1. The lowest BCUT2D eigenvalue weighted by Gasteiger charge is -2.05. The zero-order valence-corrected chi connectivity index (χ0v) is 9.99. The van der Waals surface area contributed by atoms with Crippen LogP contribution in [0.25, 0.3) is 5.82 Å². The van der Waals surface area contributed by atoms with Gasteiger partial charge in [-0.1, -0.05) is 0 Å². The quantitative estimate of drug-likeness (QED) is 0.783. The van der Waals surface area contributed by atoms with Gasteiger partial charge in [0.25, 0.3) is 5.82 Å². The van der Waals surface area contributed by atoms with E-state index in [1.165, 1.54) is 18.1 Å². The number of carbonyl (C=O) groups is 1. The second kappa shape index (κ2) is 4.92. The van der Waals surface area contributed by atoms with Gasteiger partial charge >= 0.3 is 5.97 Å². The van der Waals surface area contributed by atoms with E-state index in [2.05, 4.69) is 19.8 Å². The van der Waals surface area contributed by atoms with E-state index in [4.69, 9.17) is 5.11 Å². The van der Waals surface area contributed by atoms with E-state index in [9.17, 15) is 4.79 Å². The molecular weight excluding hydrogens is 236 g/mol. The van der Waals surface area contributed by atoms with Crippen molar-refractivity contribution in [1.82, 2.24) is 19.7 Å². The van der Waals surface area contributed by atoms with Gasteiger partial charge in [0.05, 0.1) is 13.7 Å². The van der Waals surface area contributed by atoms with Gasteiger partial charge in [0.15, 0.2) is 5.82 Å². The Morgan fingerprint density at radius 2 is 2.28 bits per heavy atom. The second-order valence-electron chi connectivity index (χ2n) is 3.65. The number of rotatable bonds is 3. The lowest BCUT2D eigenvalue weighted by Crippen LogP contribution is -2.07. The maximum atomic E-state index is 11.2. The van der Waals surface area contributed by atoms with Crippen LogP contribution in [0, 0.1) is 6.92 Å². The zero-order valence-electron chi connectivity index (χ0n) is 9.99. The van der Waals surface area contributed by atoms with Crippen LogP contribution < -0.4 is 0 Å². The average Bonchev–Trinajstić information content (AvgIpc) is 2.87. The van der Waals surface area contributed by atoms with Crippen molar-refractivity contribution in [2.45, 2.75) is 13.5 Å². The van der Waals surface area contributed by atoms with Crippen molar-refractivity contribution in [2.24, 2.45) is 0 Å². The molecule has 0 aliphatic heterocycles. The summed E-state index contributed by atoms with van der Waals surface area (Å²) in [5.74, 6) is -0.0711. The first-order valence-electron chi connectivity index (χ1n) is 5.22. The molecule has 0 fully saturated rings. The van der Waals surface area contributed by atoms with Crippen LogP contribution in [0.1, 0.15) is 21.7 Å². The summed E-state index contributed by atoms with van der Waals surface area (Å²) in [6, 6.07) is 1.79. The SMILES string of the molecule is COC(=O)c1ncn(-c2ncc(CO)cc2C)n1. The minimum absolute atomic E-state index is 0.0232. The predicted octanol–water partition coefficient (Wildman–Crippen LogP) is 0.250. The molecule has 0 aromatic carbocycles. The van der Waals surface area contributed by atoms with Gasteiger partial charge in [0.1, 0.15) is 6.33 Å². The Morgan fingerprint density at radius 1 is 1.50 bits per heavy atom. The summed E-state index contributed by atoms with van der Waals surface area (Å²) in [7, 11) is 1.27. The summed E-state index contributed by atoms with van der Waals surface area (Å²) in [5, 5.41) is 13.0. The molecule has 18 heavy (non-hydrogen) atoms. The van der Waals surface area contributed by atoms with E-state index in [1.807, 2.05) is 6.92 Å². The van der Waals surface area contributed by atoms with Crippen molar-refractivity contribution < 1.29 is 14.6 Å². The molecule has 7 nitrogen and oxygen atoms in total. The third-order valence-corrected chi connectivity index (χ3v) is 2.37. The molecule has 0 saturated carbocycles. The standard InChI is InChI=1S/C11H12N4O3/c1-7-3-8(5-16)4-12-10(7)15-6-13-9(14-15)11(17)18-2/h3-4,6,16H,5H2,1-2H3. The minimum atomic E-state index is -0.599. The van der Waals surface area contributed by atoms with Gasteiger partial charge in [-0.25, -0.2) is 19.4 Å². The molecule has 2 aromatic rings. The molecule has 0 bridgehead atoms. The number of carbonyl (C=O) groups excluding carboxylic acids is 1. The summed E-state index contributed by atoms with van der Waals surface area (Å²) in [4.78, 5) is 19.2. The second-order valence-corrected chi connectivity index (χ2v) is 3.65. The molecule has 2 aromatic heterocycles. The molecule has 0 aliphatic rings. The maximum Gasteiger partial charge on any atom is 0.377 e. The molecule has 94 valence electrons. The number of ether oxygens (including phenoxy) is 1. The zero-order chi connectivity index (χ0) is 13.1. The molecule has 2 heterocycles. The summed E-state index contributed by atoms with van der Waals surface area (Å²) in [5.41, 5.74) is 1.53. The molecule has 0 unspecified atom stereocenters. The predicted molar refractivity (Wildman–Crippen MR) is 61.2 cm³/mol. The summed E-state index contributed by atoms with van der Waals surface area (Å²) in [6.07, 6.45) is 2.93. The Kier molecular flexibility index (Phi) is 3.33. The Bertz CT molecular complexity index is 579. The Balaban J connectivity index is 2.37. The number of esters is 1. The van der Waals surface area contributed by atoms with Crippen LogP contribution in [0.15, 0.2) is 18.6 Å². The fourth-order valence-electron chi connectivity index (χ4n) is 1.50. The van der Waals surface area contributed by atoms with Crippen molar-refractivity contribution in [3.8, 4) is 5.82 Å². The highest BCUT2D eigenvalue weighted by molar-refractivity contribution is 5.84. The van der Waals surface area contributed by atoms with Crippen molar-refractivity contribution in [3.63, 3.8) is 0 Å². The minimum Gasteiger partial charge on any atom is -0.463 e. The van der Waals surface area contributed by atoms with E-state index in [-0.39, 0.29) is 12.4 Å². The molecule has 0 atom stereocenters. The number of aliphatic hydroxyl groups is 1. The van der Waals surface area contributed by atoms with Gasteiger partial charge in [-0.2, -0.15) is 0 Å². The Morgan fingerprint density at radius 3 is 2.89 bits per heavy atom. The molecule has 0 saturated heterocycles. The fourth-order valence-corrected chi connectivity index (χ4v) is 1.50. The number of methoxy groups -OCH3 is 1. The van der Waals surface area contributed by atoms with Gasteiger partial charge in [0, 0.05) is 6.20 Å².